The van der Waals surface area contributed by atoms with Crippen LogP contribution in [0.5, 0.6) is 5.88 Å². The summed E-state index contributed by atoms with van der Waals surface area (Å²) in [7, 11) is 0. The second-order valence-electron chi connectivity index (χ2n) is 2.42. The first-order chi connectivity index (χ1) is 5.65. The smallest absolute Gasteiger partial charge is 0.229 e. The van der Waals surface area contributed by atoms with Gasteiger partial charge in [-0.05, 0) is 29.0 Å². The topological polar surface area (TPSA) is 72.0 Å². The van der Waals surface area contributed by atoms with E-state index in [1.54, 1.807) is 0 Å². The van der Waals surface area contributed by atoms with Crippen molar-refractivity contribution < 1.29 is 5.11 Å². The molecule has 1 aromatic rings. The van der Waals surface area contributed by atoms with Crippen LogP contribution in [0.15, 0.2) is 0 Å². The van der Waals surface area contributed by atoms with Crippen LogP contribution in [0.2, 0.25) is 0 Å². The standard InChI is InChI=1S/C7H10IN3O/c1-2-3-4-5(8)6(12)11-7(9)10-4/h2-3H2,1H3,(H3,9,10,11,12). The Kier molecular flexibility index (Phi) is 3.07. The monoisotopic (exact) mass is 279 g/mol. The number of nitrogen functional groups attached to an aromatic ring is 1. The van der Waals surface area contributed by atoms with E-state index in [1.165, 1.54) is 0 Å². The van der Waals surface area contributed by atoms with Gasteiger partial charge in [-0.3, -0.25) is 0 Å². The lowest BCUT2D eigenvalue weighted by Crippen LogP contribution is -2.02. The summed E-state index contributed by atoms with van der Waals surface area (Å²) < 4.78 is 0.698. The molecule has 0 amide bonds. The summed E-state index contributed by atoms with van der Waals surface area (Å²) in [6.45, 7) is 2.05. The minimum Gasteiger partial charge on any atom is -0.492 e. The van der Waals surface area contributed by atoms with Gasteiger partial charge in [0.05, 0.1) is 9.26 Å². The highest BCUT2D eigenvalue weighted by molar-refractivity contribution is 14.1. The van der Waals surface area contributed by atoms with Crippen LogP contribution in [0.4, 0.5) is 5.95 Å². The summed E-state index contributed by atoms with van der Waals surface area (Å²) in [5, 5.41) is 9.27. The number of aromatic hydroxyl groups is 1. The van der Waals surface area contributed by atoms with E-state index in [-0.39, 0.29) is 11.8 Å². The van der Waals surface area contributed by atoms with E-state index in [1.807, 2.05) is 29.5 Å². The van der Waals surface area contributed by atoms with E-state index in [0.29, 0.717) is 3.57 Å². The van der Waals surface area contributed by atoms with Gasteiger partial charge < -0.3 is 10.8 Å². The predicted octanol–water partition coefficient (Wildman–Crippen LogP) is 1.32. The molecule has 5 heteroatoms. The van der Waals surface area contributed by atoms with Crippen LogP contribution >= 0.6 is 22.6 Å². The van der Waals surface area contributed by atoms with Gasteiger partial charge in [0.1, 0.15) is 0 Å². The van der Waals surface area contributed by atoms with Gasteiger partial charge in [0.2, 0.25) is 11.8 Å². The lowest BCUT2D eigenvalue weighted by atomic mass is 10.2. The molecule has 1 rings (SSSR count). The quantitative estimate of drug-likeness (QED) is 0.801. The van der Waals surface area contributed by atoms with Crippen molar-refractivity contribution in [1.82, 2.24) is 9.97 Å². The Morgan fingerprint density at radius 1 is 1.50 bits per heavy atom. The molecule has 0 fully saturated rings. The maximum absolute atomic E-state index is 9.27. The zero-order chi connectivity index (χ0) is 9.14. The number of hydrogen-bond acceptors (Lipinski definition) is 4. The number of hydrogen-bond donors (Lipinski definition) is 2. The molecule has 0 aliphatic heterocycles. The molecule has 4 nitrogen and oxygen atoms in total. The molecule has 0 aliphatic carbocycles. The Balaban J connectivity index is 3.09. The highest BCUT2D eigenvalue weighted by Crippen LogP contribution is 2.21. The van der Waals surface area contributed by atoms with E-state index in [9.17, 15) is 5.11 Å². The second kappa shape index (κ2) is 3.88. The first-order valence-corrected chi connectivity index (χ1v) is 4.74. The van der Waals surface area contributed by atoms with Gasteiger partial charge in [-0.1, -0.05) is 13.3 Å². The second-order valence-corrected chi connectivity index (χ2v) is 3.49. The summed E-state index contributed by atoms with van der Waals surface area (Å²) in [4.78, 5) is 7.65. The van der Waals surface area contributed by atoms with Gasteiger partial charge in [0.15, 0.2) is 0 Å². The Hall–Kier alpha value is -0.590. The fourth-order valence-corrected chi connectivity index (χ4v) is 1.41. The number of halogens is 1. The van der Waals surface area contributed by atoms with Crippen molar-refractivity contribution in [1.29, 1.82) is 0 Å². The van der Waals surface area contributed by atoms with Crippen molar-refractivity contribution in [2.45, 2.75) is 19.8 Å². The van der Waals surface area contributed by atoms with Gasteiger partial charge in [-0.2, -0.15) is 4.98 Å². The van der Waals surface area contributed by atoms with Gasteiger partial charge in [0, 0.05) is 0 Å². The lowest BCUT2D eigenvalue weighted by Gasteiger charge is -2.03. The van der Waals surface area contributed by atoms with Crippen LogP contribution in [0, 0.1) is 3.57 Å². The molecule has 0 saturated carbocycles. The fraction of sp³-hybridized carbons (Fsp3) is 0.429. The van der Waals surface area contributed by atoms with Crippen LogP contribution in [0.25, 0.3) is 0 Å². The summed E-state index contributed by atoms with van der Waals surface area (Å²) >= 11 is 2.01. The normalized spacial score (nSPS) is 10.2. The molecule has 0 atom stereocenters. The van der Waals surface area contributed by atoms with E-state index in [0.717, 1.165) is 18.5 Å². The molecular formula is C7H10IN3O. The SMILES string of the molecule is CCCc1nc(N)nc(O)c1I. The molecule has 0 aliphatic rings. The molecule has 0 bridgehead atoms. The third-order valence-corrected chi connectivity index (χ3v) is 2.51. The Morgan fingerprint density at radius 2 is 2.17 bits per heavy atom. The number of aromatic nitrogens is 2. The summed E-state index contributed by atoms with van der Waals surface area (Å²) in [5.41, 5.74) is 6.20. The highest BCUT2D eigenvalue weighted by atomic mass is 127. The molecule has 0 radical (unpaired) electrons. The summed E-state index contributed by atoms with van der Waals surface area (Å²) in [5.74, 6) is 0.114. The first-order valence-electron chi connectivity index (χ1n) is 3.66. The van der Waals surface area contributed by atoms with Crippen LogP contribution in [-0.4, -0.2) is 15.1 Å². The van der Waals surface area contributed by atoms with Gasteiger partial charge in [-0.15, -0.1) is 0 Å². The summed E-state index contributed by atoms with van der Waals surface area (Å²) in [6.07, 6.45) is 1.80. The molecule has 1 heterocycles. The maximum Gasteiger partial charge on any atom is 0.229 e. The van der Waals surface area contributed by atoms with Crippen LogP contribution in [0.1, 0.15) is 19.0 Å². The van der Waals surface area contributed by atoms with E-state index < -0.39 is 0 Å². The number of nitrogens with two attached hydrogens (primary N) is 1. The Bertz CT molecular complexity index is 290. The van der Waals surface area contributed by atoms with Crippen LogP contribution < -0.4 is 5.73 Å². The average molecular weight is 279 g/mol. The van der Waals surface area contributed by atoms with Crippen LogP contribution in [0.3, 0.4) is 0 Å². The Labute approximate surface area is 84.4 Å². The highest BCUT2D eigenvalue weighted by Gasteiger charge is 2.08. The zero-order valence-electron chi connectivity index (χ0n) is 6.71. The van der Waals surface area contributed by atoms with Gasteiger partial charge >= 0.3 is 0 Å². The minimum atomic E-state index is -0.0217. The molecule has 66 valence electrons. The molecule has 12 heavy (non-hydrogen) atoms. The molecule has 3 N–H and O–H groups in total. The average Bonchev–Trinajstić information content (AvgIpc) is 2.00. The van der Waals surface area contributed by atoms with Crippen molar-refractivity contribution in [2.75, 3.05) is 5.73 Å². The zero-order valence-corrected chi connectivity index (χ0v) is 8.87. The Morgan fingerprint density at radius 3 is 2.75 bits per heavy atom. The van der Waals surface area contributed by atoms with Crippen molar-refractivity contribution >= 4 is 28.5 Å². The number of anilines is 1. The molecule has 0 unspecified atom stereocenters. The van der Waals surface area contributed by atoms with E-state index in [4.69, 9.17) is 5.73 Å². The fourth-order valence-electron chi connectivity index (χ4n) is 0.901. The molecule has 0 spiro atoms. The van der Waals surface area contributed by atoms with Crippen molar-refractivity contribution in [3.63, 3.8) is 0 Å². The largest absolute Gasteiger partial charge is 0.492 e. The molecule has 0 aromatic carbocycles. The molecule has 0 saturated heterocycles. The third-order valence-electron chi connectivity index (χ3n) is 1.41. The van der Waals surface area contributed by atoms with Gasteiger partial charge in [0.25, 0.3) is 0 Å². The minimum absolute atomic E-state index is 0.0217. The van der Waals surface area contributed by atoms with Crippen molar-refractivity contribution in [2.24, 2.45) is 0 Å². The number of nitrogens with zero attached hydrogens (tertiary/aromatic N) is 2. The number of rotatable bonds is 2. The maximum atomic E-state index is 9.27. The lowest BCUT2D eigenvalue weighted by molar-refractivity contribution is 0.447. The van der Waals surface area contributed by atoms with Gasteiger partial charge in [-0.25, -0.2) is 4.98 Å². The predicted molar refractivity (Wildman–Crippen MR) is 54.8 cm³/mol. The van der Waals surface area contributed by atoms with E-state index in [2.05, 4.69) is 9.97 Å². The van der Waals surface area contributed by atoms with Crippen molar-refractivity contribution in [3.8, 4) is 5.88 Å². The third kappa shape index (κ3) is 1.96. The van der Waals surface area contributed by atoms with Crippen LogP contribution in [-0.2, 0) is 6.42 Å². The van der Waals surface area contributed by atoms with E-state index >= 15 is 0 Å². The summed E-state index contributed by atoms with van der Waals surface area (Å²) in [6, 6.07) is 0. The molecular weight excluding hydrogens is 269 g/mol. The van der Waals surface area contributed by atoms with Crippen molar-refractivity contribution in [3.05, 3.63) is 9.26 Å². The molecule has 1 aromatic heterocycles. The number of aryl methyl sites for hydroxylation is 1. The first kappa shape index (κ1) is 9.50.